The Morgan fingerprint density at radius 2 is 1.85 bits per heavy atom. The third-order valence-electron chi connectivity index (χ3n) is 10.1. The van der Waals surface area contributed by atoms with Crippen LogP contribution in [-0.2, 0) is 6.42 Å². The minimum atomic E-state index is -0.715. The van der Waals surface area contributed by atoms with Crippen molar-refractivity contribution in [3.63, 3.8) is 0 Å². The van der Waals surface area contributed by atoms with Crippen LogP contribution >= 0.6 is 11.9 Å². The van der Waals surface area contributed by atoms with Gasteiger partial charge in [-0.3, -0.25) is 5.32 Å². The number of carbonyl (C=O) groups excluding carboxylic acids is 1. The van der Waals surface area contributed by atoms with E-state index in [0.717, 1.165) is 30.6 Å². The SMILES string of the molecule is CC[N+]1(C(=O)N[C@@H](Cc2ccccc2)[C@H](O)CNC2C(C)(C)CCCC2(C)C)C=C2CCSN(C)C3=CCCC1=C23. The molecule has 6 nitrogen and oxygen atoms in total. The number of carbonyl (C=O) groups is 1. The fourth-order valence-electron chi connectivity index (χ4n) is 8.03. The Kier molecular flexibility index (Phi) is 8.83. The predicted octanol–water partition coefficient (Wildman–Crippen LogP) is 6.51. The van der Waals surface area contributed by atoms with Gasteiger partial charge in [0.1, 0.15) is 11.9 Å². The monoisotopic (exact) mass is 579 g/mol. The summed E-state index contributed by atoms with van der Waals surface area (Å²) in [5, 5.41) is 18.9. The van der Waals surface area contributed by atoms with Crippen molar-refractivity contribution in [2.24, 2.45) is 10.8 Å². The lowest BCUT2D eigenvalue weighted by Crippen LogP contribution is -2.60. The van der Waals surface area contributed by atoms with Crippen molar-refractivity contribution in [3.05, 3.63) is 70.7 Å². The number of likely N-dealkylation sites (N-methyl/N-ethyl adjacent to an activating group) is 1. The molecule has 41 heavy (non-hydrogen) atoms. The highest BCUT2D eigenvalue weighted by molar-refractivity contribution is 7.97. The number of aliphatic hydroxyl groups excluding tert-OH is 1. The maximum atomic E-state index is 14.4. The van der Waals surface area contributed by atoms with Crippen LogP contribution in [0.2, 0.25) is 0 Å². The van der Waals surface area contributed by atoms with Crippen LogP contribution in [0.25, 0.3) is 0 Å². The third kappa shape index (κ3) is 5.93. The number of hydrogen-bond acceptors (Lipinski definition) is 5. The van der Waals surface area contributed by atoms with Crippen molar-refractivity contribution < 1.29 is 14.4 Å². The van der Waals surface area contributed by atoms with E-state index >= 15 is 0 Å². The molecule has 2 aliphatic carbocycles. The number of hydrogen-bond donors (Lipinski definition) is 3. The van der Waals surface area contributed by atoms with E-state index in [9.17, 15) is 9.90 Å². The normalized spacial score (nSPS) is 27.0. The smallest absolute Gasteiger partial charge is 0.390 e. The van der Waals surface area contributed by atoms with E-state index in [-0.39, 0.29) is 21.3 Å². The Labute approximate surface area is 252 Å². The number of amides is 2. The van der Waals surface area contributed by atoms with E-state index in [0.29, 0.717) is 25.6 Å². The Morgan fingerprint density at radius 3 is 2.54 bits per heavy atom. The van der Waals surface area contributed by atoms with Gasteiger partial charge in [-0.1, -0.05) is 70.5 Å². The molecule has 0 aromatic heterocycles. The molecule has 3 N–H and O–H groups in total. The molecule has 7 heteroatoms. The summed E-state index contributed by atoms with van der Waals surface area (Å²) in [6.45, 7) is 12.6. The molecule has 2 aliphatic heterocycles. The van der Waals surface area contributed by atoms with Crippen LogP contribution in [0.15, 0.2) is 65.1 Å². The van der Waals surface area contributed by atoms with Crippen molar-refractivity contribution in [2.75, 3.05) is 25.9 Å². The summed E-state index contributed by atoms with van der Waals surface area (Å²) in [6, 6.07) is 10.1. The van der Waals surface area contributed by atoms with Crippen molar-refractivity contribution >= 4 is 18.0 Å². The first-order valence-electron chi connectivity index (χ1n) is 15.7. The fraction of sp³-hybridized carbons (Fsp3) is 0.618. The van der Waals surface area contributed by atoms with Crippen LogP contribution in [-0.4, -0.2) is 64.0 Å². The lowest BCUT2D eigenvalue weighted by atomic mass is 9.61. The zero-order chi connectivity index (χ0) is 29.4. The van der Waals surface area contributed by atoms with E-state index < -0.39 is 12.1 Å². The molecule has 1 saturated carbocycles. The molecule has 1 unspecified atom stereocenters. The Hall–Kier alpha value is -2.06. The van der Waals surface area contributed by atoms with Gasteiger partial charge in [-0.15, -0.1) is 0 Å². The van der Waals surface area contributed by atoms with Gasteiger partial charge in [0.05, 0.1) is 30.0 Å². The molecular formula is C34H51N4O2S+. The summed E-state index contributed by atoms with van der Waals surface area (Å²) >= 11 is 1.86. The highest BCUT2D eigenvalue weighted by Crippen LogP contribution is 2.48. The minimum Gasteiger partial charge on any atom is -0.390 e. The molecule has 1 aromatic rings. The summed E-state index contributed by atoms with van der Waals surface area (Å²) in [5.74, 6) is 1.01. The van der Waals surface area contributed by atoms with E-state index in [2.05, 4.69) is 81.0 Å². The number of allylic oxidation sites excluding steroid dienone is 3. The molecule has 0 bridgehead atoms. The standard InChI is InChI=1S/C34H50N4O2S/c1-7-38(23-25-17-20-41-37(6)27-15-11-16-28(38)30(25)27)32(40)36-26(21-24-13-9-8-10-14-24)29(39)22-35-31-33(2,3)18-12-19-34(31,4)5/h8-10,13-15,23,26,29,31,35,39H,7,11-12,16-22H2,1-6H3/p+1/t26-,29+,38?/m0/s1. The molecule has 1 aromatic carbocycles. The summed E-state index contributed by atoms with van der Waals surface area (Å²) in [4.78, 5) is 14.4. The number of nitrogens with zero attached hydrogens (tertiary/aromatic N) is 2. The Balaban J connectivity index is 1.40. The molecule has 2 heterocycles. The number of aliphatic hydroxyl groups is 1. The second-order valence-corrected chi connectivity index (χ2v) is 15.1. The highest BCUT2D eigenvalue weighted by atomic mass is 32.2. The predicted molar refractivity (Wildman–Crippen MR) is 170 cm³/mol. The van der Waals surface area contributed by atoms with Crippen LogP contribution in [0.3, 0.4) is 0 Å². The van der Waals surface area contributed by atoms with Crippen molar-refractivity contribution in [1.82, 2.24) is 14.9 Å². The molecule has 4 aliphatic rings. The summed E-state index contributed by atoms with van der Waals surface area (Å²) in [5.41, 5.74) is 6.46. The molecule has 2 amide bonds. The van der Waals surface area contributed by atoms with Gasteiger partial charge in [-0.25, -0.2) is 4.79 Å². The second-order valence-electron chi connectivity index (χ2n) is 13.9. The average molecular weight is 580 g/mol. The van der Waals surface area contributed by atoms with Crippen molar-refractivity contribution in [2.45, 2.75) is 97.8 Å². The van der Waals surface area contributed by atoms with Gasteiger partial charge in [0.15, 0.2) is 0 Å². The number of quaternary nitrogens is 1. The maximum Gasteiger partial charge on any atom is 0.426 e. The quantitative estimate of drug-likeness (QED) is 0.242. The van der Waals surface area contributed by atoms with E-state index in [4.69, 9.17) is 0 Å². The first-order valence-corrected chi connectivity index (χ1v) is 16.6. The Bertz CT molecular complexity index is 1200. The van der Waals surface area contributed by atoms with Crippen LogP contribution < -0.4 is 10.6 Å². The zero-order valence-electron chi connectivity index (χ0n) is 26.0. The third-order valence-corrected chi connectivity index (χ3v) is 11.1. The topological polar surface area (TPSA) is 64.6 Å². The number of urea groups is 1. The molecule has 1 saturated heterocycles. The van der Waals surface area contributed by atoms with Gasteiger partial charge in [0, 0.05) is 37.4 Å². The van der Waals surface area contributed by atoms with Gasteiger partial charge in [0.2, 0.25) is 0 Å². The van der Waals surface area contributed by atoms with Gasteiger partial charge in [0.25, 0.3) is 0 Å². The number of rotatable bonds is 8. The lowest BCUT2D eigenvalue weighted by molar-refractivity contribution is -0.755. The first-order chi connectivity index (χ1) is 19.5. The minimum absolute atomic E-state index is 0.0227. The van der Waals surface area contributed by atoms with Gasteiger partial charge < -0.3 is 14.7 Å². The van der Waals surface area contributed by atoms with Crippen LogP contribution in [0.1, 0.15) is 78.7 Å². The van der Waals surface area contributed by atoms with E-state index in [1.807, 2.05) is 30.1 Å². The zero-order valence-corrected chi connectivity index (χ0v) is 26.8. The fourth-order valence-corrected chi connectivity index (χ4v) is 8.92. The summed E-state index contributed by atoms with van der Waals surface area (Å²) < 4.78 is 2.50. The molecule has 224 valence electrons. The largest absolute Gasteiger partial charge is 0.426 e. The number of nitrogens with one attached hydrogen (secondary N) is 2. The van der Waals surface area contributed by atoms with Gasteiger partial charge in [-0.05, 0) is 67.4 Å². The molecule has 0 radical (unpaired) electrons. The van der Waals surface area contributed by atoms with Crippen molar-refractivity contribution in [3.8, 4) is 0 Å². The molecule has 5 rings (SSSR count). The highest BCUT2D eigenvalue weighted by Gasteiger charge is 2.49. The lowest BCUT2D eigenvalue weighted by Gasteiger charge is -2.50. The Morgan fingerprint density at radius 1 is 1.15 bits per heavy atom. The molecule has 0 spiro atoms. The molecule has 2 fully saturated rings. The van der Waals surface area contributed by atoms with Gasteiger partial charge in [-0.2, -0.15) is 4.48 Å². The summed E-state index contributed by atoms with van der Waals surface area (Å²) in [7, 11) is 2.14. The first kappa shape index (κ1) is 30.4. The van der Waals surface area contributed by atoms with Crippen LogP contribution in [0, 0.1) is 10.8 Å². The summed E-state index contributed by atoms with van der Waals surface area (Å²) in [6.07, 6.45) is 10.8. The van der Waals surface area contributed by atoms with Crippen molar-refractivity contribution in [1.29, 1.82) is 0 Å². The maximum absolute atomic E-state index is 14.4. The molecular weight excluding hydrogens is 528 g/mol. The average Bonchev–Trinajstić information content (AvgIpc) is 3.17. The van der Waals surface area contributed by atoms with E-state index in [1.54, 1.807) is 0 Å². The van der Waals surface area contributed by atoms with Crippen LogP contribution in [0.5, 0.6) is 0 Å². The number of benzene rings is 1. The molecule has 3 atom stereocenters. The van der Waals surface area contributed by atoms with Gasteiger partial charge >= 0.3 is 6.03 Å². The second kappa shape index (κ2) is 11.9. The van der Waals surface area contributed by atoms with Crippen LogP contribution in [0.4, 0.5) is 4.79 Å². The van der Waals surface area contributed by atoms with E-state index in [1.165, 1.54) is 41.8 Å².